The van der Waals surface area contributed by atoms with Gasteiger partial charge in [0.1, 0.15) is 24.3 Å². The maximum absolute atomic E-state index is 13.7. The number of nitrogens with two attached hydrogens (primary N) is 1. The first-order chi connectivity index (χ1) is 19.5. The fourth-order valence-corrected chi connectivity index (χ4v) is 5.86. The smallest absolute Gasteiger partial charge is 0.326 e. The second-order valence-electron chi connectivity index (χ2n) is 9.67. The Bertz CT molecular complexity index is 1640. The number of nitrogen functional groups attached to an aromatic ring is 1. The van der Waals surface area contributed by atoms with Crippen molar-refractivity contribution in [2.75, 3.05) is 38.1 Å². The number of nitrogens with zero attached hydrogens (tertiary/aromatic N) is 4. The summed E-state index contributed by atoms with van der Waals surface area (Å²) in [7, 11) is -0.167. The normalized spacial score (nSPS) is 12.4. The van der Waals surface area contributed by atoms with Gasteiger partial charge in [-0.25, -0.2) is 13.4 Å². The van der Waals surface area contributed by atoms with Gasteiger partial charge in [0, 0.05) is 18.7 Å². The first-order valence-corrected chi connectivity index (χ1v) is 14.5. The van der Waals surface area contributed by atoms with Crippen LogP contribution in [0.2, 0.25) is 0 Å². The highest BCUT2D eigenvalue weighted by Crippen LogP contribution is 2.31. The van der Waals surface area contributed by atoms with E-state index in [0.717, 1.165) is 0 Å². The number of hydrogen-bond acceptors (Lipinski definition) is 8. The van der Waals surface area contributed by atoms with E-state index in [-0.39, 0.29) is 36.3 Å². The standard InChI is InChI=1S/C29H34N6O5S/c1-4-40-26(36)19-34-25-15-14-22(35(17-16-33(2)3)41(38,39)23-8-6-5-7-9-23)18-24(25)32-29(34)27(37)20-10-12-21(13-11-20)28(30)31/h5-15,18,27,37H,4,16-17,19H2,1-3H3,(H3,30,31). The number of rotatable bonds is 12. The highest BCUT2D eigenvalue weighted by Gasteiger charge is 2.27. The Balaban J connectivity index is 1.82. The number of carbonyl (C=O) groups excluding carboxylic acids is 1. The Hall–Kier alpha value is -4.26. The molecule has 12 heteroatoms. The molecule has 1 atom stereocenters. The average molecular weight is 579 g/mol. The van der Waals surface area contributed by atoms with E-state index < -0.39 is 22.1 Å². The van der Waals surface area contributed by atoms with Crippen LogP contribution in [0.25, 0.3) is 11.0 Å². The lowest BCUT2D eigenvalue weighted by atomic mass is 10.1. The van der Waals surface area contributed by atoms with Crippen molar-refractivity contribution in [1.82, 2.24) is 14.5 Å². The van der Waals surface area contributed by atoms with Crippen molar-refractivity contribution in [2.24, 2.45) is 5.73 Å². The number of carbonyl (C=O) groups is 1. The number of esters is 1. The average Bonchev–Trinajstić information content (AvgIpc) is 3.30. The lowest BCUT2D eigenvalue weighted by molar-refractivity contribution is -0.143. The van der Waals surface area contributed by atoms with E-state index in [9.17, 15) is 18.3 Å². The van der Waals surface area contributed by atoms with E-state index in [0.29, 0.717) is 34.4 Å². The first-order valence-electron chi connectivity index (χ1n) is 13.0. The molecule has 4 aromatic rings. The van der Waals surface area contributed by atoms with Gasteiger partial charge in [-0.2, -0.15) is 0 Å². The van der Waals surface area contributed by atoms with Gasteiger partial charge in [-0.15, -0.1) is 0 Å². The number of hydrogen-bond donors (Lipinski definition) is 3. The van der Waals surface area contributed by atoms with E-state index in [4.69, 9.17) is 15.9 Å². The summed E-state index contributed by atoms with van der Waals surface area (Å²) in [5, 5.41) is 18.9. The molecule has 0 radical (unpaired) electrons. The number of aliphatic hydroxyl groups is 1. The van der Waals surface area contributed by atoms with E-state index in [1.54, 1.807) is 84.3 Å². The largest absolute Gasteiger partial charge is 0.465 e. The molecule has 0 fully saturated rings. The maximum atomic E-state index is 13.7. The van der Waals surface area contributed by atoms with Gasteiger partial charge in [0.25, 0.3) is 10.0 Å². The second kappa shape index (κ2) is 12.5. The molecular formula is C29H34N6O5S. The van der Waals surface area contributed by atoms with Crippen LogP contribution >= 0.6 is 0 Å². The fourth-order valence-electron chi connectivity index (χ4n) is 4.40. The number of imidazole rings is 1. The number of likely N-dealkylation sites (N-methyl/N-ethyl adjacent to an activating group) is 1. The van der Waals surface area contributed by atoms with Crippen LogP contribution < -0.4 is 10.0 Å². The third-order valence-electron chi connectivity index (χ3n) is 6.51. The van der Waals surface area contributed by atoms with E-state index >= 15 is 0 Å². The van der Waals surface area contributed by atoms with Crippen LogP contribution in [0.3, 0.4) is 0 Å². The molecule has 0 saturated carbocycles. The van der Waals surface area contributed by atoms with Crippen LogP contribution in [-0.4, -0.2) is 73.6 Å². The Morgan fingerprint density at radius 2 is 1.76 bits per heavy atom. The summed E-state index contributed by atoms with van der Waals surface area (Å²) in [6, 6.07) is 19.7. The van der Waals surface area contributed by atoms with Crippen molar-refractivity contribution in [3.05, 3.63) is 89.7 Å². The summed E-state index contributed by atoms with van der Waals surface area (Å²) in [5.74, 6) is -0.417. The summed E-state index contributed by atoms with van der Waals surface area (Å²) in [6.07, 6.45) is -1.22. The molecule has 0 aliphatic heterocycles. The molecule has 0 spiro atoms. The summed E-state index contributed by atoms with van der Waals surface area (Å²) in [6.45, 7) is 2.36. The number of nitrogens with one attached hydrogen (secondary N) is 1. The predicted octanol–water partition coefficient (Wildman–Crippen LogP) is 2.72. The van der Waals surface area contributed by atoms with Crippen LogP contribution in [0.15, 0.2) is 77.7 Å². The Morgan fingerprint density at radius 3 is 2.37 bits per heavy atom. The number of aliphatic hydroxyl groups excluding tert-OH is 1. The minimum atomic E-state index is -3.90. The molecule has 1 heterocycles. The zero-order valence-corrected chi connectivity index (χ0v) is 24.0. The molecule has 0 bridgehead atoms. The SMILES string of the molecule is CCOC(=O)Cn1c(C(O)c2ccc(C(=N)N)cc2)nc2cc(N(CCN(C)C)S(=O)(=O)c3ccccc3)ccc21. The fraction of sp³-hybridized carbons (Fsp3) is 0.276. The van der Waals surface area contributed by atoms with Gasteiger partial charge in [-0.3, -0.25) is 14.5 Å². The molecule has 0 amide bonds. The zero-order valence-electron chi connectivity index (χ0n) is 23.2. The second-order valence-corrected chi connectivity index (χ2v) is 11.5. The van der Waals surface area contributed by atoms with Crippen LogP contribution in [0.4, 0.5) is 5.69 Å². The van der Waals surface area contributed by atoms with Gasteiger partial charge < -0.3 is 25.0 Å². The number of ether oxygens (including phenoxy) is 1. The number of fused-ring (bicyclic) bond motifs is 1. The summed E-state index contributed by atoms with van der Waals surface area (Å²) >= 11 is 0. The van der Waals surface area contributed by atoms with Crippen molar-refractivity contribution in [2.45, 2.75) is 24.5 Å². The van der Waals surface area contributed by atoms with Gasteiger partial charge >= 0.3 is 5.97 Å². The molecule has 216 valence electrons. The minimum Gasteiger partial charge on any atom is -0.465 e. The molecule has 3 aromatic carbocycles. The highest BCUT2D eigenvalue weighted by atomic mass is 32.2. The lowest BCUT2D eigenvalue weighted by Crippen LogP contribution is -2.36. The summed E-state index contributed by atoms with van der Waals surface area (Å²) in [4.78, 5) is 19.2. The molecule has 4 rings (SSSR count). The molecule has 1 aromatic heterocycles. The van der Waals surface area contributed by atoms with Gasteiger partial charge in [-0.05, 0) is 56.9 Å². The van der Waals surface area contributed by atoms with Gasteiger partial charge in [0.15, 0.2) is 0 Å². The minimum absolute atomic E-state index is 0.0996. The molecule has 0 aliphatic carbocycles. The monoisotopic (exact) mass is 578 g/mol. The Morgan fingerprint density at radius 1 is 1.07 bits per heavy atom. The van der Waals surface area contributed by atoms with Crippen LogP contribution in [0.1, 0.15) is 30.0 Å². The predicted molar refractivity (Wildman–Crippen MR) is 157 cm³/mol. The lowest BCUT2D eigenvalue weighted by Gasteiger charge is -2.26. The molecule has 0 saturated heterocycles. The van der Waals surface area contributed by atoms with Crippen LogP contribution in [0, 0.1) is 5.41 Å². The van der Waals surface area contributed by atoms with Gasteiger partial charge in [-0.1, -0.05) is 42.5 Å². The van der Waals surface area contributed by atoms with Crippen LogP contribution in [0.5, 0.6) is 0 Å². The van der Waals surface area contributed by atoms with Crippen molar-refractivity contribution in [3.8, 4) is 0 Å². The molecule has 4 N–H and O–H groups in total. The summed E-state index contributed by atoms with van der Waals surface area (Å²) in [5.41, 5.74) is 7.87. The quantitative estimate of drug-likeness (QED) is 0.132. The van der Waals surface area contributed by atoms with E-state index in [1.165, 1.54) is 4.31 Å². The summed E-state index contributed by atoms with van der Waals surface area (Å²) < 4.78 is 35.5. The third-order valence-corrected chi connectivity index (χ3v) is 8.35. The van der Waals surface area contributed by atoms with E-state index in [2.05, 4.69) is 4.98 Å². The third kappa shape index (κ3) is 6.56. The van der Waals surface area contributed by atoms with Crippen molar-refractivity contribution >= 4 is 38.5 Å². The molecule has 0 aliphatic rings. The number of aromatic nitrogens is 2. The number of benzene rings is 3. The number of anilines is 1. The zero-order chi connectivity index (χ0) is 29.7. The van der Waals surface area contributed by atoms with Crippen molar-refractivity contribution in [1.29, 1.82) is 5.41 Å². The maximum Gasteiger partial charge on any atom is 0.326 e. The first kappa shape index (κ1) is 29.7. The topological polar surface area (TPSA) is 155 Å². The molecule has 41 heavy (non-hydrogen) atoms. The van der Waals surface area contributed by atoms with Crippen LogP contribution in [-0.2, 0) is 26.1 Å². The number of sulfonamides is 1. The van der Waals surface area contributed by atoms with Crippen molar-refractivity contribution < 1.29 is 23.1 Å². The molecule has 11 nitrogen and oxygen atoms in total. The highest BCUT2D eigenvalue weighted by molar-refractivity contribution is 7.92. The van der Waals surface area contributed by atoms with E-state index in [1.807, 2.05) is 19.0 Å². The Kier molecular flexibility index (Phi) is 9.06. The number of amidine groups is 1. The van der Waals surface area contributed by atoms with Crippen molar-refractivity contribution in [3.63, 3.8) is 0 Å². The van der Waals surface area contributed by atoms with Gasteiger partial charge in [0.2, 0.25) is 0 Å². The molecular weight excluding hydrogens is 544 g/mol. The van der Waals surface area contributed by atoms with Gasteiger partial charge in [0.05, 0.1) is 28.2 Å². The molecule has 1 unspecified atom stereocenters. The Labute approximate surface area is 239 Å².